The van der Waals surface area contributed by atoms with Gasteiger partial charge >= 0.3 is 5.97 Å². The Labute approximate surface area is 169 Å². The number of carboxylic acid groups (broad SMARTS) is 1. The van der Waals surface area contributed by atoms with Crippen molar-refractivity contribution < 1.29 is 19.5 Å². The van der Waals surface area contributed by atoms with Gasteiger partial charge in [-0.2, -0.15) is 0 Å². The van der Waals surface area contributed by atoms with Crippen LogP contribution < -0.4 is 21.2 Å². The van der Waals surface area contributed by atoms with Crippen molar-refractivity contribution in [1.29, 1.82) is 0 Å². The van der Waals surface area contributed by atoms with E-state index in [1.54, 1.807) is 36.7 Å². The Bertz CT molecular complexity index is 1070. The molecule has 1 saturated heterocycles. The molecule has 2 amide bonds. The van der Waals surface area contributed by atoms with Gasteiger partial charge in [0, 0.05) is 23.9 Å². The molecule has 0 aliphatic carbocycles. The Morgan fingerprint density at radius 1 is 1.20 bits per heavy atom. The number of hydrogen-bond donors (Lipinski definition) is 4. The lowest BCUT2D eigenvalue weighted by atomic mass is 10.1. The van der Waals surface area contributed by atoms with Crippen molar-refractivity contribution >= 4 is 23.5 Å². The van der Waals surface area contributed by atoms with Crippen molar-refractivity contribution in [2.24, 2.45) is 0 Å². The van der Waals surface area contributed by atoms with Crippen LogP contribution in [0.1, 0.15) is 23.2 Å². The molecule has 4 N–H and O–H groups in total. The number of rotatable bonds is 4. The Morgan fingerprint density at radius 3 is 2.47 bits per heavy atom. The van der Waals surface area contributed by atoms with Crippen LogP contribution in [0.2, 0.25) is 0 Å². The molecule has 0 spiro atoms. The highest BCUT2D eigenvalue weighted by Crippen LogP contribution is 2.18. The third kappa shape index (κ3) is 5.16. The van der Waals surface area contributed by atoms with Crippen molar-refractivity contribution in [3.63, 3.8) is 0 Å². The maximum absolute atomic E-state index is 12.0. The van der Waals surface area contributed by atoms with E-state index in [0.717, 1.165) is 6.20 Å². The van der Waals surface area contributed by atoms with Crippen LogP contribution in [-0.2, 0) is 9.59 Å². The molecule has 11 nitrogen and oxygen atoms in total. The third-order valence-electron chi connectivity index (χ3n) is 4.14. The predicted octanol–water partition coefficient (Wildman–Crippen LogP) is 0.391. The molecule has 2 aromatic heterocycles. The Kier molecular flexibility index (Phi) is 6.33. The topological polar surface area (TPSA) is 168 Å². The number of anilines is 1. The van der Waals surface area contributed by atoms with Gasteiger partial charge in [0.25, 0.3) is 5.56 Å². The fourth-order valence-electron chi connectivity index (χ4n) is 2.64. The number of H-pyrrole nitrogens is 1. The smallest absolute Gasteiger partial charge is 0.342 e. The number of nitrogens with one attached hydrogen (secondary N) is 3. The number of carboxylic acids is 1. The molecule has 0 bridgehead atoms. The number of aromatic amines is 1. The molecule has 11 heteroatoms. The molecular weight excluding hydrogens is 392 g/mol. The van der Waals surface area contributed by atoms with Gasteiger partial charge in [-0.15, -0.1) is 0 Å². The van der Waals surface area contributed by atoms with Gasteiger partial charge in [-0.3, -0.25) is 14.4 Å². The summed E-state index contributed by atoms with van der Waals surface area (Å²) >= 11 is 0. The number of carbonyl (C=O) groups excluding carboxylic acids is 2. The number of imidazole rings is 1. The maximum atomic E-state index is 12.0. The standard InChI is InChI=1S/C16H14N4O5.C3H3N2/c21-12-6-5-11(19-12)15(23)18-9-3-1-8(2-4-9)13-17-7-10(16(24)25)14(22)20-13;1-2-5-3-4-1/h1-4,7,11H,5-6H2,(H,18,23)(H,19,21)(H,24,25)(H,17,20,22);1-3H/q;-1/t11-;/m0./s1. The highest BCUT2D eigenvalue weighted by molar-refractivity contribution is 5.99. The van der Waals surface area contributed by atoms with Crippen molar-refractivity contribution in [1.82, 2.24) is 25.3 Å². The number of benzene rings is 1. The molecule has 0 radical (unpaired) electrons. The van der Waals surface area contributed by atoms with Crippen molar-refractivity contribution in [2.75, 3.05) is 5.32 Å². The maximum Gasteiger partial charge on any atom is 0.342 e. The van der Waals surface area contributed by atoms with Crippen LogP contribution in [0, 0.1) is 0 Å². The quantitative estimate of drug-likeness (QED) is 0.480. The number of nitrogens with zero attached hydrogens (tertiary/aromatic N) is 3. The van der Waals surface area contributed by atoms with Crippen LogP contribution in [0.3, 0.4) is 0 Å². The van der Waals surface area contributed by atoms with E-state index in [-0.39, 0.29) is 17.6 Å². The van der Waals surface area contributed by atoms with Crippen LogP contribution in [0.5, 0.6) is 0 Å². The molecule has 1 aliphatic heterocycles. The third-order valence-corrected chi connectivity index (χ3v) is 4.14. The number of aromatic nitrogens is 4. The average molecular weight is 409 g/mol. The van der Waals surface area contributed by atoms with Gasteiger partial charge in [0.1, 0.15) is 17.4 Å². The lowest BCUT2D eigenvalue weighted by Gasteiger charge is -2.11. The second-order valence-electron chi connectivity index (χ2n) is 6.22. The van der Waals surface area contributed by atoms with Gasteiger partial charge in [-0.05, 0) is 30.7 Å². The fourth-order valence-corrected chi connectivity index (χ4v) is 2.64. The molecule has 4 rings (SSSR count). The minimum atomic E-state index is -1.35. The second-order valence-corrected chi connectivity index (χ2v) is 6.22. The van der Waals surface area contributed by atoms with E-state index in [9.17, 15) is 19.2 Å². The van der Waals surface area contributed by atoms with Crippen LogP contribution in [0.15, 0.2) is 54.0 Å². The molecule has 1 fully saturated rings. The fraction of sp³-hybridized carbons (Fsp3) is 0.158. The van der Waals surface area contributed by atoms with E-state index >= 15 is 0 Å². The zero-order valence-electron chi connectivity index (χ0n) is 15.5. The Morgan fingerprint density at radius 2 is 1.97 bits per heavy atom. The van der Waals surface area contributed by atoms with Gasteiger partial charge < -0.3 is 30.7 Å². The predicted molar refractivity (Wildman–Crippen MR) is 105 cm³/mol. The van der Waals surface area contributed by atoms with Gasteiger partial charge in [0.15, 0.2) is 0 Å². The first kappa shape index (κ1) is 20.5. The summed E-state index contributed by atoms with van der Waals surface area (Å²) in [6.45, 7) is 0. The number of carbonyl (C=O) groups is 3. The highest BCUT2D eigenvalue weighted by atomic mass is 16.4. The molecule has 1 aromatic carbocycles. The lowest BCUT2D eigenvalue weighted by Crippen LogP contribution is -2.37. The molecule has 30 heavy (non-hydrogen) atoms. The summed E-state index contributed by atoms with van der Waals surface area (Å²) in [5.41, 5.74) is -0.0984. The molecule has 1 aliphatic rings. The van der Waals surface area contributed by atoms with Crippen LogP contribution >= 0.6 is 0 Å². The van der Waals surface area contributed by atoms with E-state index < -0.39 is 23.1 Å². The lowest BCUT2D eigenvalue weighted by molar-refractivity contribution is -0.122. The number of aromatic carboxylic acids is 1. The summed E-state index contributed by atoms with van der Waals surface area (Å²) < 4.78 is 0. The first-order chi connectivity index (χ1) is 14.4. The number of amides is 2. The van der Waals surface area contributed by atoms with E-state index in [1.807, 2.05) is 0 Å². The van der Waals surface area contributed by atoms with Crippen LogP contribution in [0.4, 0.5) is 5.69 Å². The molecule has 3 heterocycles. The van der Waals surface area contributed by atoms with E-state index in [2.05, 4.69) is 30.6 Å². The summed E-state index contributed by atoms with van der Waals surface area (Å²) in [6, 6.07) is 5.96. The van der Waals surface area contributed by atoms with Crippen molar-refractivity contribution in [3.8, 4) is 11.4 Å². The summed E-state index contributed by atoms with van der Waals surface area (Å²) in [4.78, 5) is 59.2. The first-order valence-corrected chi connectivity index (χ1v) is 8.84. The minimum absolute atomic E-state index is 0.143. The van der Waals surface area contributed by atoms with Crippen molar-refractivity contribution in [3.05, 3.63) is 65.1 Å². The largest absolute Gasteiger partial charge is 0.477 e. The van der Waals surface area contributed by atoms with E-state index in [4.69, 9.17) is 5.11 Å². The SMILES string of the molecule is O=C1CC[C@@H](C(=O)Nc2ccc(-c3ncc(C(=O)O)c(=O)[nH]3)cc2)N1.c1c[n-]cn1. The number of hydrogen-bond acceptors (Lipinski definition) is 6. The normalized spacial score (nSPS) is 14.9. The van der Waals surface area contributed by atoms with Gasteiger partial charge in [0.2, 0.25) is 11.8 Å². The van der Waals surface area contributed by atoms with Gasteiger partial charge in [0.05, 0.1) is 0 Å². The molecule has 3 aromatic rings. The van der Waals surface area contributed by atoms with Gasteiger partial charge in [-0.1, -0.05) is 18.7 Å². The minimum Gasteiger partial charge on any atom is -0.477 e. The first-order valence-electron chi connectivity index (χ1n) is 8.84. The summed E-state index contributed by atoms with van der Waals surface area (Å²) in [7, 11) is 0. The Balaban J connectivity index is 0.000000448. The zero-order chi connectivity index (χ0) is 21.5. The summed E-state index contributed by atoms with van der Waals surface area (Å²) in [6.07, 6.45) is 6.57. The summed E-state index contributed by atoms with van der Waals surface area (Å²) in [5, 5.41) is 14.1. The monoisotopic (exact) mass is 409 g/mol. The zero-order valence-corrected chi connectivity index (χ0v) is 15.5. The Hall–Kier alpha value is -4.28. The average Bonchev–Trinajstić information content (AvgIpc) is 3.43. The second kappa shape index (κ2) is 9.28. The van der Waals surface area contributed by atoms with E-state index in [1.165, 1.54) is 6.33 Å². The van der Waals surface area contributed by atoms with Crippen LogP contribution in [-0.4, -0.2) is 43.9 Å². The van der Waals surface area contributed by atoms with Gasteiger partial charge in [-0.25, -0.2) is 9.78 Å². The van der Waals surface area contributed by atoms with Crippen molar-refractivity contribution in [2.45, 2.75) is 18.9 Å². The molecule has 0 unspecified atom stereocenters. The molecule has 154 valence electrons. The molecular formula is C19H17N6O5-. The summed E-state index contributed by atoms with van der Waals surface area (Å²) in [5.74, 6) is -1.57. The van der Waals surface area contributed by atoms with Crippen LogP contribution in [0.25, 0.3) is 11.4 Å². The highest BCUT2D eigenvalue weighted by Gasteiger charge is 2.27. The van der Waals surface area contributed by atoms with E-state index in [0.29, 0.717) is 24.1 Å². The molecule has 1 atom stereocenters. The molecule has 0 saturated carbocycles.